The first kappa shape index (κ1) is 29.1. The molecule has 2 N–H and O–H groups in total. The average molecular weight is 583 g/mol. The number of anilines is 2. The fourth-order valence-electron chi connectivity index (χ4n) is 5.86. The topological polar surface area (TPSA) is 70.5 Å². The van der Waals surface area contributed by atoms with Gasteiger partial charge in [0.1, 0.15) is 17.1 Å². The van der Waals surface area contributed by atoms with Crippen molar-refractivity contribution in [1.29, 1.82) is 5.41 Å². The predicted octanol–water partition coefficient (Wildman–Crippen LogP) is 7.53. The summed E-state index contributed by atoms with van der Waals surface area (Å²) in [5, 5.41) is 13.5. The van der Waals surface area contributed by atoms with Gasteiger partial charge in [-0.15, -0.1) is 0 Å². The van der Waals surface area contributed by atoms with Crippen LogP contribution in [0.5, 0.6) is 5.75 Å². The van der Waals surface area contributed by atoms with Gasteiger partial charge in [0.05, 0.1) is 25.0 Å². The Morgan fingerprint density at radius 1 is 0.795 bits per heavy atom. The van der Waals surface area contributed by atoms with Crippen LogP contribution in [-0.2, 0) is 10.3 Å². The van der Waals surface area contributed by atoms with Crippen molar-refractivity contribution in [3.63, 3.8) is 0 Å². The molecule has 1 aliphatic rings. The molecular weight excluding hydrogens is 544 g/mol. The van der Waals surface area contributed by atoms with Gasteiger partial charge in [-0.05, 0) is 60.9 Å². The third-order valence-corrected chi connectivity index (χ3v) is 7.94. The van der Waals surface area contributed by atoms with E-state index >= 15 is 0 Å². The van der Waals surface area contributed by atoms with Crippen LogP contribution in [0.3, 0.4) is 0 Å². The summed E-state index contributed by atoms with van der Waals surface area (Å²) in [6, 6.07) is 41.4. The van der Waals surface area contributed by atoms with E-state index in [0.717, 1.165) is 58.2 Å². The third kappa shape index (κ3) is 6.08. The molecule has 2 heterocycles. The van der Waals surface area contributed by atoms with E-state index in [-0.39, 0.29) is 6.10 Å². The summed E-state index contributed by atoms with van der Waals surface area (Å²) in [6.07, 6.45) is 1.79. The highest BCUT2D eigenvalue weighted by Gasteiger charge is 2.37. The van der Waals surface area contributed by atoms with Gasteiger partial charge in [-0.2, -0.15) is 0 Å². The van der Waals surface area contributed by atoms with Gasteiger partial charge in [0.15, 0.2) is 0 Å². The fraction of sp³-hybridized carbons (Fsp3) is 0.211. The van der Waals surface area contributed by atoms with Crippen LogP contribution in [0, 0.1) is 5.41 Å². The first-order chi connectivity index (χ1) is 21.5. The molecule has 0 unspecified atom stereocenters. The maximum absolute atomic E-state index is 9.56. The van der Waals surface area contributed by atoms with Gasteiger partial charge in [0.2, 0.25) is 0 Å². The van der Waals surface area contributed by atoms with E-state index in [1.165, 1.54) is 0 Å². The summed E-state index contributed by atoms with van der Waals surface area (Å²) in [7, 11) is 0. The molecule has 0 radical (unpaired) electrons. The van der Waals surface area contributed by atoms with Crippen molar-refractivity contribution in [2.45, 2.75) is 25.5 Å². The van der Waals surface area contributed by atoms with Gasteiger partial charge >= 0.3 is 0 Å². The van der Waals surface area contributed by atoms with Gasteiger partial charge < -0.3 is 19.7 Å². The van der Waals surface area contributed by atoms with Crippen LogP contribution in [0.25, 0.3) is 0 Å². The number of morpholine rings is 1. The Bertz CT molecular complexity index is 1590. The largest absolute Gasteiger partial charge is 0.491 e. The number of benzene rings is 4. The van der Waals surface area contributed by atoms with Crippen molar-refractivity contribution in [3.05, 3.63) is 155 Å². The highest BCUT2D eigenvalue weighted by Crippen LogP contribution is 2.41. The van der Waals surface area contributed by atoms with Crippen molar-refractivity contribution >= 4 is 17.2 Å². The van der Waals surface area contributed by atoms with Crippen LogP contribution in [0.2, 0.25) is 0 Å². The zero-order valence-corrected chi connectivity index (χ0v) is 25.2. The van der Waals surface area contributed by atoms with Gasteiger partial charge in [0.25, 0.3) is 0 Å². The molecule has 5 aromatic rings. The molecule has 6 rings (SSSR count). The highest BCUT2D eigenvalue weighted by molar-refractivity contribution is 6.14. The summed E-state index contributed by atoms with van der Waals surface area (Å²) in [5.74, 6) is 1.57. The smallest absolute Gasteiger partial charge is 0.129 e. The van der Waals surface area contributed by atoms with E-state index < -0.39 is 5.54 Å². The molecule has 222 valence electrons. The fourth-order valence-corrected chi connectivity index (χ4v) is 5.86. The Morgan fingerprint density at radius 2 is 1.36 bits per heavy atom. The van der Waals surface area contributed by atoms with Crippen molar-refractivity contribution in [2.24, 2.45) is 0 Å². The lowest BCUT2D eigenvalue weighted by molar-refractivity contribution is 0.122. The standard InChI is InChI=1S/C38H38N4O2/c1-28(2)44-33-18-19-35(34(27-33)37(39)29-20-21-40-36(26-29)42-22-24-43-25-23-42)41-38(30-12-6-3-7-13-30,31-14-8-4-9-15-31)32-16-10-5-11-17-32/h3-21,26-28,39,41H,22-25H2,1-2H3. The summed E-state index contributed by atoms with van der Waals surface area (Å²) in [6.45, 7) is 6.93. The Hall–Kier alpha value is -4.94. The molecule has 0 aliphatic carbocycles. The van der Waals surface area contributed by atoms with Gasteiger partial charge in [-0.3, -0.25) is 5.41 Å². The van der Waals surface area contributed by atoms with Crippen molar-refractivity contribution < 1.29 is 9.47 Å². The molecule has 44 heavy (non-hydrogen) atoms. The number of rotatable bonds is 10. The second kappa shape index (κ2) is 13.1. The van der Waals surface area contributed by atoms with Gasteiger partial charge in [-0.1, -0.05) is 91.0 Å². The molecule has 0 saturated carbocycles. The van der Waals surface area contributed by atoms with E-state index in [1.54, 1.807) is 6.20 Å². The second-order valence-electron chi connectivity index (χ2n) is 11.2. The molecule has 0 atom stereocenters. The quantitative estimate of drug-likeness (QED) is 0.132. The van der Waals surface area contributed by atoms with Crippen LogP contribution in [0.1, 0.15) is 41.7 Å². The number of pyridine rings is 1. The molecule has 0 bridgehead atoms. The minimum absolute atomic E-state index is 0.00161. The number of hydrogen-bond acceptors (Lipinski definition) is 6. The summed E-state index contributed by atoms with van der Waals surface area (Å²) >= 11 is 0. The molecule has 6 nitrogen and oxygen atoms in total. The first-order valence-electron chi connectivity index (χ1n) is 15.2. The summed E-state index contributed by atoms with van der Waals surface area (Å²) < 4.78 is 11.7. The van der Waals surface area contributed by atoms with Gasteiger partial charge in [0, 0.05) is 36.1 Å². The predicted molar refractivity (Wildman–Crippen MR) is 178 cm³/mol. The lowest BCUT2D eigenvalue weighted by Gasteiger charge is -2.38. The maximum atomic E-state index is 9.56. The third-order valence-electron chi connectivity index (χ3n) is 7.94. The Balaban J connectivity index is 1.51. The van der Waals surface area contributed by atoms with Crippen molar-refractivity contribution in [3.8, 4) is 5.75 Å². The van der Waals surface area contributed by atoms with Crippen LogP contribution in [-0.4, -0.2) is 43.1 Å². The molecule has 1 fully saturated rings. The summed E-state index contributed by atoms with van der Waals surface area (Å²) in [5.41, 5.74) is 5.29. The maximum Gasteiger partial charge on any atom is 0.129 e. The van der Waals surface area contributed by atoms with Crippen molar-refractivity contribution in [1.82, 2.24) is 4.98 Å². The zero-order valence-electron chi connectivity index (χ0n) is 25.2. The number of nitrogens with zero attached hydrogens (tertiary/aromatic N) is 2. The van der Waals surface area contributed by atoms with Crippen LogP contribution < -0.4 is 15.0 Å². The first-order valence-corrected chi connectivity index (χ1v) is 15.2. The highest BCUT2D eigenvalue weighted by atomic mass is 16.5. The minimum atomic E-state index is -0.740. The van der Waals surface area contributed by atoms with Crippen LogP contribution in [0.15, 0.2) is 128 Å². The molecule has 0 spiro atoms. The number of hydrogen-bond donors (Lipinski definition) is 2. The number of nitrogens with one attached hydrogen (secondary N) is 2. The lowest BCUT2D eigenvalue weighted by atomic mass is 9.76. The monoisotopic (exact) mass is 582 g/mol. The Morgan fingerprint density at radius 3 is 1.91 bits per heavy atom. The molecule has 1 aromatic heterocycles. The molecular formula is C38H38N4O2. The second-order valence-corrected chi connectivity index (χ2v) is 11.2. The van der Waals surface area contributed by atoms with Gasteiger partial charge in [-0.25, -0.2) is 4.98 Å². The van der Waals surface area contributed by atoms with E-state index in [9.17, 15) is 5.41 Å². The Labute approximate surface area is 259 Å². The van der Waals surface area contributed by atoms with Crippen LogP contribution >= 0.6 is 0 Å². The molecule has 1 aliphatic heterocycles. The van der Waals surface area contributed by atoms with Crippen LogP contribution in [0.4, 0.5) is 11.5 Å². The lowest BCUT2D eigenvalue weighted by Crippen LogP contribution is -2.38. The number of aromatic nitrogens is 1. The van der Waals surface area contributed by atoms with E-state index in [2.05, 4.69) is 88.0 Å². The molecule has 0 amide bonds. The van der Waals surface area contributed by atoms with E-state index in [4.69, 9.17) is 9.47 Å². The zero-order chi connectivity index (χ0) is 30.4. The molecule has 1 saturated heterocycles. The Kier molecular flexibility index (Phi) is 8.71. The normalized spacial score (nSPS) is 13.5. The van der Waals surface area contributed by atoms with Crippen molar-refractivity contribution in [2.75, 3.05) is 36.5 Å². The summed E-state index contributed by atoms with van der Waals surface area (Å²) in [4.78, 5) is 6.84. The molecule has 4 aromatic carbocycles. The van der Waals surface area contributed by atoms with E-state index in [1.807, 2.05) is 62.4 Å². The average Bonchev–Trinajstić information content (AvgIpc) is 3.09. The minimum Gasteiger partial charge on any atom is -0.491 e. The number of ether oxygens (including phenoxy) is 2. The SMILES string of the molecule is CC(C)Oc1ccc(NC(c2ccccc2)(c2ccccc2)c2ccccc2)c(C(=N)c2ccnc(N3CCOCC3)c2)c1. The molecule has 6 heteroatoms. The van der Waals surface area contributed by atoms with E-state index in [0.29, 0.717) is 18.9 Å².